The molecule has 1 amide bonds. The van der Waals surface area contributed by atoms with Crippen molar-refractivity contribution in [3.63, 3.8) is 0 Å². The molecule has 2 aliphatic rings. The van der Waals surface area contributed by atoms with Crippen molar-refractivity contribution in [3.05, 3.63) is 12.3 Å². The number of ether oxygens (including phenoxy) is 1. The van der Waals surface area contributed by atoms with Crippen LogP contribution in [0.3, 0.4) is 0 Å². The Bertz CT molecular complexity index is 338. The summed E-state index contributed by atoms with van der Waals surface area (Å²) in [6.07, 6.45) is 0.861. The molecule has 1 N–H and O–H groups in total. The lowest BCUT2D eigenvalue weighted by Crippen LogP contribution is -2.43. The third-order valence-corrected chi connectivity index (χ3v) is 2.86. The van der Waals surface area contributed by atoms with Crippen molar-refractivity contribution in [1.82, 2.24) is 4.90 Å². The maximum Gasteiger partial charge on any atom is 0.415 e. The van der Waals surface area contributed by atoms with E-state index in [1.165, 1.54) is 4.90 Å². The Hall–Kier alpha value is -1.52. The molecule has 5 heteroatoms. The highest BCUT2D eigenvalue weighted by molar-refractivity contribution is 5.82. The van der Waals surface area contributed by atoms with Gasteiger partial charge in [-0.3, -0.25) is 4.90 Å². The van der Waals surface area contributed by atoms with E-state index in [9.17, 15) is 9.59 Å². The van der Waals surface area contributed by atoms with Crippen molar-refractivity contribution in [1.29, 1.82) is 0 Å². The van der Waals surface area contributed by atoms with Gasteiger partial charge in [-0.15, -0.1) is 0 Å². The van der Waals surface area contributed by atoms with Crippen LogP contribution in [-0.4, -0.2) is 34.2 Å². The van der Waals surface area contributed by atoms with Crippen molar-refractivity contribution in [2.24, 2.45) is 5.92 Å². The van der Waals surface area contributed by atoms with Gasteiger partial charge >= 0.3 is 12.1 Å². The summed E-state index contributed by atoms with van der Waals surface area (Å²) in [5, 5.41) is 8.93. The number of hydrogen-bond donors (Lipinski definition) is 1. The molecule has 1 aliphatic heterocycles. The van der Waals surface area contributed by atoms with Crippen LogP contribution in [0.25, 0.3) is 0 Å². The van der Waals surface area contributed by atoms with Crippen LogP contribution < -0.4 is 0 Å². The Morgan fingerprint density at radius 3 is 2.67 bits per heavy atom. The Balaban J connectivity index is 2.08. The quantitative estimate of drug-likeness (QED) is 0.697. The van der Waals surface area contributed by atoms with Crippen LogP contribution >= 0.6 is 0 Å². The van der Waals surface area contributed by atoms with Crippen LogP contribution in [0.1, 0.15) is 19.8 Å². The van der Waals surface area contributed by atoms with E-state index in [0.29, 0.717) is 12.3 Å². The van der Waals surface area contributed by atoms with Crippen LogP contribution in [-0.2, 0) is 9.53 Å². The highest BCUT2D eigenvalue weighted by atomic mass is 16.6. The molecule has 15 heavy (non-hydrogen) atoms. The van der Waals surface area contributed by atoms with Gasteiger partial charge in [-0.2, -0.15) is 0 Å². The van der Waals surface area contributed by atoms with Gasteiger partial charge in [-0.05, 0) is 25.7 Å². The second-order valence-electron chi connectivity index (χ2n) is 4.13. The minimum atomic E-state index is -0.958. The van der Waals surface area contributed by atoms with Gasteiger partial charge < -0.3 is 9.84 Å². The Morgan fingerprint density at radius 2 is 2.13 bits per heavy atom. The van der Waals surface area contributed by atoms with Crippen molar-refractivity contribution in [2.45, 2.75) is 31.8 Å². The number of likely N-dealkylation sites (tertiary alicyclic amines) is 1. The minimum Gasteiger partial charge on any atom is -0.480 e. The molecule has 3 atom stereocenters. The molecule has 0 spiro atoms. The van der Waals surface area contributed by atoms with Crippen molar-refractivity contribution in [3.8, 4) is 0 Å². The van der Waals surface area contributed by atoms with E-state index in [1.54, 1.807) is 6.92 Å². The van der Waals surface area contributed by atoms with Gasteiger partial charge in [0.05, 0.1) is 5.76 Å². The zero-order valence-corrected chi connectivity index (χ0v) is 8.47. The summed E-state index contributed by atoms with van der Waals surface area (Å²) in [5.41, 5.74) is 0. The topological polar surface area (TPSA) is 66.8 Å². The average molecular weight is 211 g/mol. The molecule has 2 rings (SSSR count). The lowest BCUT2D eigenvalue weighted by molar-refractivity contribution is -0.142. The summed E-state index contributed by atoms with van der Waals surface area (Å²) in [6.45, 7) is 5.02. The first-order valence-electron chi connectivity index (χ1n) is 4.89. The van der Waals surface area contributed by atoms with E-state index >= 15 is 0 Å². The predicted molar refractivity (Wildman–Crippen MR) is 51.1 cm³/mol. The van der Waals surface area contributed by atoms with E-state index in [2.05, 4.69) is 6.58 Å². The van der Waals surface area contributed by atoms with Gasteiger partial charge in [-0.25, -0.2) is 9.59 Å². The normalized spacial score (nSPS) is 32.1. The van der Waals surface area contributed by atoms with E-state index in [4.69, 9.17) is 9.84 Å². The number of fused-ring (bicyclic) bond motifs is 1. The zero-order chi connectivity index (χ0) is 11.2. The number of carboxylic acids is 1. The fraction of sp³-hybridized carbons (Fsp3) is 0.600. The molecule has 0 radical (unpaired) electrons. The number of nitrogens with zero attached hydrogens (tertiary/aromatic N) is 1. The molecule has 5 nitrogen and oxygen atoms in total. The molecule has 1 saturated heterocycles. The first-order chi connectivity index (χ1) is 7.00. The second-order valence-corrected chi connectivity index (χ2v) is 4.13. The number of rotatable bonds is 2. The zero-order valence-electron chi connectivity index (χ0n) is 8.47. The fourth-order valence-corrected chi connectivity index (χ4v) is 2.14. The molecule has 2 fully saturated rings. The Kier molecular flexibility index (Phi) is 2.17. The standard InChI is InChI=1S/C10H13NO4/c1-5(2)15-10(14)11-7-3-6(7)4-8(11)9(12)13/h6-8H,1,3-4H2,2H3,(H,12,13)/t6-,7-,8-/m0/s1. The number of carboxylic acid groups (broad SMARTS) is 1. The minimum absolute atomic E-state index is 0.0675. The first kappa shape index (κ1) is 10.0. The van der Waals surface area contributed by atoms with Crippen molar-refractivity contribution >= 4 is 12.1 Å². The van der Waals surface area contributed by atoms with E-state index in [-0.39, 0.29) is 11.8 Å². The van der Waals surface area contributed by atoms with E-state index in [1.807, 2.05) is 0 Å². The monoisotopic (exact) mass is 211 g/mol. The number of allylic oxidation sites excluding steroid dienone is 1. The predicted octanol–water partition coefficient (Wildman–Crippen LogP) is 1.20. The summed E-state index contributed by atoms with van der Waals surface area (Å²) in [4.78, 5) is 23.8. The van der Waals surface area contributed by atoms with Gasteiger partial charge in [0.25, 0.3) is 0 Å². The third kappa shape index (κ3) is 1.69. The largest absolute Gasteiger partial charge is 0.480 e. The molecule has 0 aromatic carbocycles. The maximum absolute atomic E-state index is 11.6. The van der Waals surface area contributed by atoms with Gasteiger partial charge in [0.15, 0.2) is 0 Å². The SMILES string of the molecule is C=C(C)OC(=O)N1[C@H](C(=O)O)C[C@@H]2C[C@@H]21. The van der Waals surface area contributed by atoms with Crippen LogP contribution in [0.2, 0.25) is 0 Å². The number of piperidine rings is 1. The van der Waals surface area contributed by atoms with Gasteiger partial charge in [0.2, 0.25) is 0 Å². The molecule has 0 unspecified atom stereocenters. The van der Waals surface area contributed by atoms with Crippen molar-refractivity contribution < 1.29 is 19.4 Å². The molecular weight excluding hydrogens is 198 g/mol. The van der Waals surface area contributed by atoms with E-state index < -0.39 is 18.1 Å². The average Bonchev–Trinajstić information content (AvgIpc) is 2.75. The highest BCUT2D eigenvalue weighted by Crippen LogP contribution is 2.48. The van der Waals surface area contributed by atoms with E-state index in [0.717, 1.165) is 6.42 Å². The summed E-state index contributed by atoms with van der Waals surface area (Å²) < 4.78 is 4.84. The molecule has 82 valence electrons. The number of amides is 1. The number of carbonyl (C=O) groups is 2. The smallest absolute Gasteiger partial charge is 0.415 e. The van der Waals surface area contributed by atoms with Gasteiger partial charge in [0.1, 0.15) is 6.04 Å². The summed E-state index contributed by atoms with van der Waals surface area (Å²) in [5.74, 6) is -0.321. The third-order valence-electron chi connectivity index (χ3n) is 2.86. The number of hydrogen-bond acceptors (Lipinski definition) is 3. The summed E-state index contributed by atoms with van der Waals surface area (Å²) in [7, 11) is 0. The Morgan fingerprint density at radius 1 is 1.47 bits per heavy atom. The Labute approximate surface area is 87.3 Å². The molecular formula is C10H13NO4. The number of aliphatic carboxylic acids is 1. The lowest BCUT2D eigenvalue weighted by atomic mass is 10.2. The molecule has 0 aromatic heterocycles. The molecule has 0 aromatic rings. The van der Waals surface area contributed by atoms with Crippen LogP contribution in [0.4, 0.5) is 4.79 Å². The van der Waals surface area contributed by atoms with Crippen LogP contribution in [0, 0.1) is 5.92 Å². The summed E-state index contributed by atoms with van der Waals surface area (Å²) in [6, 6.07) is -0.654. The van der Waals surface area contributed by atoms with Gasteiger partial charge in [-0.1, -0.05) is 6.58 Å². The second kappa shape index (κ2) is 3.25. The first-order valence-corrected chi connectivity index (χ1v) is 4.89. The molecule has 0 bridgehead atoms. The van der Waals surface area contributed by atoms with Crippen LogP contribution in [0.5, 0.6) is 0 Å². The molecule has 1 saturated carbocycles. The molecule has 1 aliphatic carbocycles. The maximum atomic E-state index is 11.6. The van der Waals surface area contributed by atoms with Gasteiger partial charge in [0, 0.05) is 6.04 Å². The molecule has 1 heterocycles. The number of carbonyl (C=O) groups excluding carboxylic acids is 1. The summed E-state index contributed by atoms with van der Waals surface area (Å²) >= 11 is 0. The van der Waals surface area contributed by atoms with Crippen molar-refractivity contribution in [2.75, 3.05) is 0 Å². The van der Waals surface area contributed by atoms with Crippen LogP contribution in [0.15, 0.2) is 12.3 Å². The lowest BCUT2D eigenvalue weighted by Gasteiger charge is -2.23. The highest BCUT2D eigenvalue weighted by Gasteiger charge is 2.57. The fourth-order valence-electron chi connectivity index (χ4n) is 2.14.